The maximum absolute atomic E-state index is 12.0. The average molecular weight is 322 g/mol. The summed E-state index contributed by atoms with van der Waals surface area (Å²) in [6.45, 7) is 4.49. The number of morpholine rings is 1. The zero-order valence-corrected chi connectivity index (χ0v) is 13.7. The number of amides is 1. The lowest BCUT2D eigenvalue weighted by molar-refractivity contribution is -0.111. The Morgan fingerprint density at radius 3 is 2.46 bits per heavy atom. The standard InChI is InChI=1S/C20H22N2O2/c23-20(11-8-17-4-2-1-3-5-17)21-19-9-6-18(7-10-19)16-22-12-14-24-15-13-22/h1-11H,12-16H2,(H,21,23)/b11-8+. The van der Waals surface area contributed by atoms with Gasteiger partial charge < -0.3 is 10.1 Å². The van der Waals surface area contributed by atoms with Crippen LogP contribution >= 0.6 is 0 Å². The molecule has 3 rings (SSSR count). The van der Waals surface area contributed by atoms with E-state index >= 15 is 0 Å². The highest BCUT2D eigenvalue weighted by molar-refractivity contribution is 6.01. The predicted molar refractivity (Wildman–Crippen MR) is 96.6 cm³/mol. The lowest BCUT2D eigenvalue weighted by Crippen LogP contribution is -2.35. The van der Waals surface area contributed by atoms with Crippen LogP contribution in [0, 0.1) is 0 Å². The number of hydrogen-bond acceptors (Lipinski definition) is 3. The van der Waals surface area contributed by atoms with Crippen molar-refractivity contribution >= 4 is 17.7 Å². The smallest absolute Gasteiger partial charge is 0.248 e. The molecule has 1 aliphatic heterocycles. The topological polar surface area (TPSA) is 41.6 Å². The van der Waals surface area contributed by atoms with E-state index in [4.69, 9.17) is 4.74 Å². The summed E-state index contributed by atoms with van der Waals surface area (Å²) in [6, 6.07) is 17.8. The molecular weight excluding hydrogens is 300 g/mol. The molecule has 124 valence electrons. The molecule has 2 aromatic carbocycles. The average Bonchev–Trinajstić information content (AvgIpc) is 2.63. The van der Waals surface area contributed by atoms with Crippen molar-refractivity contribution in [3.63, 3.8) is 0 Å². The van der Waals surface area contributed by atoms with Crippen molar-refractivity contribution in [2.75, 3.05) is 31.6 Å². The molecule has 1 saturated heterocycles. The minimum Gasteiger partial charge on any atom is -0.379 e. The number of nitrogens with one attached hydrogen (secondary N) is 1. The predicted octanol–water partition coefficient (Wildman–Crippen LogP) is 3.17. The van der Waals surface area contributed by atoms with Crippen molar-refractivity contribution in [2.24, 2.45) is 0 Å². The Bertz CT molecular complexity index is 675. The highest BCUT2D eigenvalue weighted by Gasteiger charge is 2.10. The number of nitrogens with zero attached hydrogens (tertiary/aromatic N) is 1. The molecule has 1 fully saturated rings. The Morgan fingerprint density at radius 1 is 1.04 bits per heavy atom. The van der Waals surface area contributed by atoms with Gasteiger partial charge in [0.1, 0.15) is 0 Å². The molecular formula is C20H22N2O2. The molecule has 1 heterocycles. The molecule has 1 aliphatic rings. The molecule has 0 aromatic heterocycles. The highest BCUT2D eigenvalue weighted by atomic mass is 16.5. The summed E-state index contributed by atoms with van der Waals surface area (Å²) < 4.78 is 5.36. The third-order valence-electron chi connectivity index (χ3n) is 3.96. The maximum atomic E-state index is 12.0. The summed E-state index contributed by atoms with van der Waals surface area (Å²) in [7, 11) is 0. The van der Waals surface area contributed by atoms with Gasteiger partial charge in [-0.3, -0.25) is 9.69 Å². The Labute approximate surface area is 142 Å². The Balaban J connectivity index is 1.51. The number of anilines is 1. The molecule has 24 heavy (non-hydrogen) atoms. The molecule has 1 N–H and O–H groups in total. The lowest BCUT2D eigenvalue weighted by atomic mass is 10.2. The normalized spacial score (nSPS) is 15.5. The van der Waals surface area contributed by atoms with Crippen LogP contribution in [0.5, 0.6) is 0 Å². The summed E-state index contributed by atoms with van der Waals surface area (Å²) in [5.74, 6) is -0.125. The quantitative estimate of drug-likeness (QED) is 0.860. The van der Waals surface area contributed by atoms with Crippen LogP contribution in [0.2, 0.25) is 0 Å². The van der Waals surface area contributed by atoms with Gasteiger partial charge in [-0.15, -0.1) is 0 Å². The Kier molecular flexibility index (Phi) is 5.77. The van der Waals surface area contributed by atoms with E-state index in [1.54, 1.807) is 6.08 Å². The van der Waals surface area contributed by atoms with Crippen LogP contribution in [0.4, 0.5) is 5.69 Å². The molecule has 0 radical (unpaired) electrons. The van der Waals surface area contributed by atoms with Gasteiger partial charge in [0.05, 0.1) is 13.2 Å². The van der Waals surface area contributed by atoms with Gasteiger partial charge in [-0.2, -0.15) is 0 Å². The van der Waals surface area contributed by atoms with Gasteiger partial charge in [0.25, 0.3) is 0 Å². The first-order valence-electron chi connectivity index (χ1n) is 8.23. The summed E-state index contributed by atoms with van der Waals surface area (Å²) in [6.07, 6.45) is 3.36. The van der Waals surface area contributed by atoms with Gasteiger partial charge in [0.2, 0.25) is 5.91 Å². The van der Waals surface area contributed by atoms with E-state index in [-0.39, 0.29) is 5.91 Å². The van der Waals surface area contributed by atoms with E-state index < -0.39 is 0 Å². The van der Waals surface area contributed by atoms with Crippen LogP contribution in [0.1, 0.15) is 11.1 Å². The highest BCUT2D eigenvalue weighted by Crippen LogP contribution is 2.13. The van der Waals surface area contributed by atoms with E-state index in [1.807, 2.05) is 48.5 Å². The number of rotatable bonds is 5. The second kappa shape index (κ2) is 8.43. The molecule has 0 unspecified atom stereocenters. The Hall–Kier alpha value is -2.43. The third-order valence-corrected chi connectivity index (χ3v) is 3.96. The number of benzene rings is 2. The molecule has 0 spiro atoms. The van der Waals surface area contributed by atoms with Crippen molar-refractivity contribution in [1.29, 1.82) is 0 Å². The van der Waals surface area contributed by atoms with Gasteiger partial charge in [-0.25, -0.2) is 0 Å². The van der Waals surface area contributed by atoms with Crippen LogP contribution in [0.25, 0.3) is 6.08 Å². The van der Waals surface area contributed by atoms with E-state index in [9.17, 15) is 4.79 Å². The number of hydrogen-bond donors (Lipinski definition) is 1. The van der Waals surface area contributed by atoms with Crippen LogP contribution in [0.3, 0.4) is 0 Å². The fraction of sp³-hybridized carbons (Fsp3) is 0.250. The summed E-state index contributed by atoms with van der Waals surface area (Å²) in [5, 5.41) is 2.88. The van der Waals surface area contributed by atoms with Crippen LogP contribution in [0.15, 0.2) is 60.7 Å². The van der Waals surface area contributed by atoms with E-state index in [0.717, 1.165) is 44.1 Å². The molecule has 0 bridgehead atoms. The van der Waals surface area contributed by atoms with Crippen molar-refractivity contribution in [2.45, 2.75) is 6.54 Å². The Morgan fingerprint density at radius 2 is 1.75 bits per heavy atom. The van der Waals surface area contributed by atoms with Gasteiger partial charge in [-0.05, 0) is 29.3 Å². The van der Waals surface area contributed by atoms with E-state index in [2.05, 4.69) is 22.3 Å². The largest absolute Gasteiger partial charge is 0.379 e. The second-order valence-corrected chi connectivity index (χ2v) is 5.82. The van der Waals surface area contributed by atoms with Crippen molar-refractivity contribution < 1.29 is 9.53 Å². The third kappa shape index (κ3) is 5.05. The first-order valence-corrected chi connectivity index (χ1v) is 8.23. The van der Waals surface area contributed by atoms with Gasteiger partial charge in [0.15, 0.2) is 0 Å². The number of carbonyl (C=O) groups is 1. The molecule has 4 nitrogen and oxygen atoms in total. The van der Waals surface area contributed by atoms with E-state index in [1.165, 1.54) is 5.56 Å². The molecule has 1 amide bonds. The number of ether oxygens (including phenoxy) is 1. The van der Waals surface area contributed by atoms with Crippen LogP contribution in [-0.2, 0) is 16.1 Å². The summed E-state index contributed by atoms with van der Waals surface area (Å²) in [5.41, 5.74) is 3.06. The van der Waals surface area contributed by atoms with Crippen LogP contribution < -0.4 is 5.32 Å². The van der Waals surface area contributed by atoms with Crippen LogP contribution in [-0.4, -0.2) is 37.1 Å². The second-order valence-electron chi connectivity index (χ2n) is 5.82. The van der Waals surface area contributed by atoms with Gasteiger partial charge >= 0.3 is 0 Å². The van der Waals surface area contributed by atoms with Crippen molar-refractivity contribution in [1.82, 2.24) is 4.90 Å². The lowest BCUT2D eigenvalue weighted by Gasteiger charge is -2.26. The van der Waals surface area contributed by atoms with Crippen molar-refractivity contribution in [3.05, 3.63) is 71.8 Å². The molecule has 0 saturated carbocycles. The molecule has 4 heteroatoms. The van der Waals surface area contributed by atoms with Gasteiger partial charge in [-0.1, -0.05) is 42.5 Å². The first kappa shape index (κ1) is 16.4. The summed E-state index contributed by atoms with van der Waals surface area (Å²) >= 11 is 0. The maximum Gasteiger partial charge on any atom is 0.248 e. The molecule has 2 aromatic rings. The number of carbonyl (C=O) groups excluding carboxylic acids is 1. The first-order chi connectivity index (χ1) is 11.8. The zero-order valence-electron chi connectivity index (χ0n) is 13.7. The van der Waals surface area contributed by atoms with Crippen molar-refractivity contribution in [3.8, 4) is 0 Å². The fourth-order valence-electron chi connectivity index (χ4n) is 2.63. The minimum atomic E-state index is -0.125. The monoisotopic (exact) mass is 322 g/mol. The molecule has 0 aliphatic carbocycles. The fourth-order valence-corrected chi connectivity index (χ4v) is 2.63. The summed E-state index contributed by atoms with van der Waals surface area (Å²) in [4.78, 5) is 14.3. The SMILES string of the molecule is O=C(/C=C/c1ccccc1)Nc1ccc(CN2CCOCC2)cc1. The van der Waals surface area contributed by atoms with Gasteiger partial charge in [0, 0.05) is 31.4 Å². The van der Waals surface area contributed by atoms with E-state index in [0.29, 0.717) is 0 Å². The molecule has 0 atom stereocenters. The minimum absolute atomic E-state index is 0.125. The zero-order chi connectivity index (χ0) is 16.6.